The maximum Gasteiger partial charge on any atom is 0.314 e. The fourth-order valence-electron chi connectivity index (χ4n) is 1.95. The van der Waals surface area contributed by atoms with Crippen LogP contribution in [0.15, 0.2) is 47.4 Å². The maximum absolute atomic E-state index is 12.3. The van der Waals surface area contributed by atoms with Crippen LogP contribution >= 0.6 is 11.8 Å². The van der Waals surface area contributed by atoms with Gasteiger partial charge in [-0.05, 0) is 36.4 Å². The van der Waals surface area contributed by atoms with Gasteiger partial charge in [0.05, 0.1) is 18.1 Å². The summed E-state index contributed by atoms with van der Waals surface area (Å²) in [5, 5.41) is 13.6. The average molecular weight is 384 g/mol. The van der Waals surface area contributed by atoms with Gasteiger partial charge >= 0.3 is 5.69 Å². The fourth-order valence-corrected chi connectivity index (χ4v) is 2.45. The van der Waals surface area contributed by atoms with E-state index in [0.717, 1.165) is 0 Å². The standard InChI is InChI=1S/C16H14F2N2O5S/c1-24-11-4-7-14(13(8-11)20(22)23)25-9-15(21)19-10-2-5-12(6-3-10)26-16(17)18/h2-8,16H,9H2,1H3,(H,19,21). The quantitative estimate of drug-likeness (QED) is 0.421. The summed E-state index contributed by atoms with van der Waals surface area (Å²) in [5.41, 5.74) is 0.0620. The topological polar surface area (TPSA) is 90.7 Å². The molecule has 0 aliphatic carbocycles. The second kappa shape index (κ2) is 8.99. The van der Waals surface area contributed by atoms with Gasteiger partial charge < -0.3 is 14.8 Å². The van der Waals surface area contributed by atoms with Crippen LogP contribution in [0, 0.1) is 10.1 Å². The monoisotopic (exact) mass is 384 g/mol. The highest BCUT2D eigenvalue weighted by Crippen LogP contribution is 2.31. The largest absolute Gasteiger partial charge is 0.496 e. The van der Waals surface area contributed by atoms with Gasteiger partial charge in [0.2, 0.25) is 0 Å². The number of amides is 1. The fraction of sp³-hybridized carbons (Fsp3) is 0.188. The van der Waals surface area contributed by atoms with Crippen molar-refractivity contribution >= 4 is 29.0 Å². The third-order valence-corrected chi connectivity index (χ3v) is 3.81. The van der Waals surface area contributed by atoms with Crippen molar-refractivity contribution in [1.29, 1.82) is 0 Å². The molecule has 0 atom stereocenters. The lowest BCUT2D eigenvalue weighted by molar-refractivity contribution is -0.385. The summed E-state index contributed by atoms with van der Waals surface area (Å²) < 4.78 is 34.6. The second-order valence-corrected chi connectivity index (χ2v) is 5.89. The van der Waals surface area contributed by atoms with Gasteiger partial charge in [0, 0.05) is 10.6 Å². The molecule has 1 N–H and O–H groups in total. The van der Waals surface area contributed by atoms with Gasteiger partial charge in [-0.2, -0.15) is 8.78 Å². The van der Waals surface area contributed by atoms with E-state index in [0.29, 0.717) is 22.3 Å². The molecule has 0 bridgehead atoms. The summed E-state index contributed by atoms with van der Waals surface area (Å²) >= 11 is 0.396. The Hall–Kier alpha value is -2.88. The molecule has 7 nitrogen and oxygen atoms in total. The van der Waals surface area contributed by atoms with Crippen molar-refractivity contribution in [2.24, 2.45) is 0 Å². The van der Waals surface area contributed by atoms with Crippen molar-refractivity contribution < 1.29 is 28.0 Å². The molecular formula is C16H14F2N2O5S. The number of carbonyl (C=O) groups excluding carboxylic acids is 1. The number of alkyl halides is 2. The van der Waals surface area contributed by atoms with Gasteiger partial charge in [0.15, 0.2) is 12.4 Å². The molecule has 138 valence electrons. The van der Waals surface area contributed by atoms with E-state index in [9.17, 15) is 23.7 Å². The molecule has 0 aliphatic rings. The first-order chi connectivity index (χ1) is 12.4. The number of halogens is 2. The van der Waals surface area contributed by atoms with Crippen molar-refractivity contribution in [2.75, 3.05) is 19.0 Å². The van der Waals surface area contributed by atoms with Crippen molar-refractivity contribution in [3.05, 3.63) is 52.6 Å². The number of nitro groups is 1. The van der Waals surface area contributed by atoms with Gasteiger partial charge in [-0.1, -0.05) is 11.8 Å². The van der Waals surface area contributed by atoms with E-state index in [4.69, 9.17) is 9.47 Å². The number of nitrogens with one attached hydrogen (secondary N) is 1. The Morgan fingerprint density at radius 2 is 1.96 bits per heavy atom. The number of hydrogen-bond acceptors (Lipinski definition) is 6. The highest BCUT2D eigenvalue weighted by molar-refractivity contribution is 7.99. The molecule has 0 aliphatic heterocycles. The minimum absolute atomic E-state index is 0.0744. The minimum atomic E-state index is -2.52. The van der Waals surface area contributed by atoms with Crippen molar-refractivity contribution in [3.8, 4) is 11.5 Å². The number of methoxy groups -OCH3 is 1. The van der Waals surface area contributed by atoms with E-state index in [-0.39, 0.29) is 17.2 Å². The zero-order chi connectivity index (χ0) is 19.1. The van der Waals surface area contributed by atoms with Crippen LogP contribution in [-0.2, 0) is 4.79 Å². The predicted molar refractivity (Wildman–Crippen MR) is 92.1 cm³/mol. The average Bonchev–Trinajstić information content (AvgIpc) is 2.61. The van der Waals surface area contributed by atoms with E-state index >= 15 is 0 Å². The summed E-state index contributed by atoms with van der Waals surface area (Å²) in [6.45, 7) is -0.458. The molecule has 2 aromatic rings. The highest BCUT2D eigenvalue weighted by atomic mass is 32.2. The number of anilines is 1. The molecule has 2 aromatic carbocycles. The van der Waals surface area contributed by atoms with Crippen LogP contribution in [0.2, 0.25) is 0 Å². The van der Waals surface area contributed by atoms with E-state index in [1.807, 2.05) is 0 Å². The Labute approximate surface area is 151 Å². The predicted octanol–water partition coefficient (Wildman–Crippen LogP) is 3.94. The first kappa shape index (κ1) is 19.4. The molecular weight excluding hydrogens is 370 g/mol. The zero-order valence-corrected chi connectivity index (χ0v) is 14.3. The summed E-state index contributed by atoms with van der Waals surface area (Å²) in [5.74, 6) is -2.86. The Balaban J connectivity index is 1.95. The number of carbonyl (C=O) groups is 1. The summed E-state index contributed by atoms with van der Waals surface area (Å²) in [7, 11) is 1.37. The van der Waals surface area contributed by atoms with Crippen molar-refractivity contribution in [3.63, 3.8) is 0 Å². The van der Waals surface area contributed by atoms with Crippen molar-refractivity contribution in [1.82, 2.24) is 0 Å². The molecule has 26 heavy (non-hydrogen) atoms. The van der Waals surface area contributed by atoms with Crippen LogP contribution < -0.4 is 14.8 Å². The lowest BCUT2D eigenvalue weighted by Gasteiger charge is -2.09. The number of ether oxygens (including phenoxy) is 2. The number of benzene rings is 2. The van der Waals surface area contributed by atoms with Gasteiger partial charge in [-0.25, -0.2) is 0 Å². The summed E-state index contributed by atoms with van der Waals surface area (Å²) in [4.78, 5) is 22.7. The summed E-state index contributed by atoms with van der Waals surface area (Å²) in [6.07, 6.45) is 0. The van der Waals surface area contributed by atoms with Crippen LogP contribution in [0.4, 0.5) is 20.2 Å². The van der Waals surface area contributed by atoms with Crippen LogP contribution in [0.3, 0.4) is 0 Å². The Morgan fingerprint density at radius 3 is 2.54 bits per heavy atom. The number of thioether (sulfide) groups is 1. The zero-order valence-electron chi connectivity index (χ0n) is 13.5. The molecule has 1 amide bonds. The highest BCUT2D eigenvalue weighted by Gasteiger charge is 2.17. The smallest absolute Gasteiger partial charge is 0.314 e. The first-order valence-corrected chi connectivity index (χ1v) is 8.07. The SMILES string of the molecule is COc1ccc(OCC(=O)Nc2ccc(SC(F)F)cc2)c([N+](=O)[O-])c1. The van der Waals surface area contributed by atoms with Crippen LogP contribution in [0.5, 0.6) is 11.5 Å². The summed E-state index contributed by atoms with van der Waals surface area (Å²) in [6, 6.07) is 9.83. The number of nitrogens with zero attached hydrogens (tertiary/aromatic N) is 1. The molecule has 0 unspecified atom stereocenters. The number of rotatable bonds is 8. The van der Waals surface area contributed by atoms with Gasteiger partial charge in [0.25, 0.3) is 11.7 Å². The number of hydrogen-bond donors (Lipinski definition) is 1. The molecule has 0 saturated carbocycles. The Kier molecular flexibility index (Phi) is 6.73. The van der Waals surface area contributed by atoms with Gasteiger partial charge in [0.1, 0.15) is 5.75 Å². The number of nitro benzene ring substituents is 1. The molecule has 2 rings (SSSR count). The molecule has 0 aromatic heterocycles. The second-order valence-electron chi connectivity index (χ2n) is 4.83. The van der Waals surface area contributed by atoms with Gasteiger partial charge in [-0.3, -0.25) is 14.9 Å². The Bertz CT molecular complexity index is 787. The van der Waals surface area contributed by atoms with Crippen LogP contribution in [-0.4, -0.2) is 30.3 Å². The van der Waals surface area contributed by atoms with Gasteiger partial charge in [-0.15, -0.1) is 0 Å². The third-order valence-electron chi connectivity index (χ3n) is 3.08. The molecule has 10 heteroatoms. The van der Waals surface area contributed by atoms with E-state index in [2.05, 4.69) is 5.32 Å². The lowest BCUT2D eigenvalue weighted by atomic mass is 10.3. The van der Waals surface area contributed by atoms with Crippen LogP contribution in [0.1, 0.15) is 0 Å². The van der Waals surface area contributed by atoms with Crippen LogP contribution in [0.25, 0.3) is 0 Å². The first-order valence-electron chi connectivity index (χ1n) is 7.19. The Morgan fingerprint density at radius 1 is 1.27 bits per heavy atom. The molecule has 0 saturated heterocycles. The van der Waals surface area contributed by atoms with E-state index in [1.54, 1.807) is 0 Å². The van der Waals surface area contributed by atoms with Crippen molar-refractivity contribution in [2.45, 2.75) is 10.7 Å². The minimum Gasteiger partial charge on any atom is -0.496 e. The molecule has 0 fully saturated rings. The maximum atomic E-state index is 12.3. The molecule has 0 radical (unpaired) electrons. The lowest BCUT2D eigenvalue weighted by Crippen LogP contribution is -2.20. The van der Waals surface area contributed by atoms with E-state index < -0.39 is 23.2 Å². The third kappa shape index (κ3) is 5.59. The molecule has 0 heterocycles. The normalized spacial score (nSPS) is 10.5. The molecule has 0 spiro atoms. The van der Waals surface area contributed by atoms with E-state index in [1.165, 1.54) is 49.6 Å².